The molecule has 2 heterocycles. The second kappa shape index (κ2) is 61.9. The Balaban J connectivity index is 1.70. The fourth-order valence-electron chi connectivity index (χ4n) is 11.5. The van der Waals surface area contributed by atoms with Gasteiger partial charge in [-0.15, -0.1) is 0 Å². The van der Waals surface area contributed by atoms with Crippen LogP contribution in [-0.2, 0) is 23.7 Å². The third-order valence-electron chi connectivity index (χ3n) is 17.4. The van der Waals surface area contributed by atoms with E-state index in [0.29, 0.717) is 12.8 Å². The SMILES string of the molecule is CC/C=C\C/C=C\C/C=C\C/C=C\C/C=C\C/C=C\C/C=C\C/C=C\CCCCCCCCC(=O)NC(COC1OC(CO)C(OC2OC(CO)C(O)C(O)C2O)C(O)C1O)C(O)/C=C/CC/C=C/CCCCCCCCCCCCCCCCCCCCCCCC. The van der Waals surface area contributed by atoms with Crippen LogP contribution in [0.1, 0.15) is 277 Å². The maximum absolute atomic E-state index is 13.3. The monoisotopic (exact) mass is 1310 g/mol. The summed E-state index contributed by atoms with van der Waals surface area (Å²) in [6.07, 6.45) is 74.0. The Morgan fingerprint density at radius 3 is 1.18 bits per heavy atom. The standard InChI is InChI=1S/C79H135NO13/c1-3-5-7-9-11-13-15-17-19-21-23-25-27-29-31-33-34-35-37-39-41-43-45-47-49-51-53-55-57-59-61-63-71(84)80-67(66-90-78-76(89)74(87)77(70(65-82)92-78)93-79-75(88)73(86)72(85)69(64-81)91-79)68(83)62-60-58-56-54-52-50-48-46-44-42-40-38-36-32-30-28-26-24-22-20-18-16-14-12-10-8-6-4-2/h5,7,11,13,17,19,23,25,29,31,34-35,39,41,45,47,52,54,60,62,67-70,72-79,81-83,85-89H,3-4,6,8-10,12,14-16,18,20-22,24,26-28,30,32-33,36-38,40,42-44,46,48-51,53,55-59,61,63-66H2,1-2H3,(H,80,84)/b7-5-,13-11-,19-17-,25-23-,31-29-,35-34-,41-39-,47-45-,54-52+,62-60+. The Morgan fingerprint density at radius 2 is 0.753 bits per heavy atom. The molecule has 2 aliphatic heterocycles. The molecule has 2 saturated heterocycles. The third kappa shape index (κ3) is 45.5. The number of amides is 1. The quantitative estimate of drug-likeness (QED) is 0.0204. The molecule has 2 fully saturated rings. The number of ether oxygens (including phenoxy) is 4. The van der Waals surface area contributed by atoms with Gasteiger partial charge in [0.2, 0.25) is 5.91 Å². The number of aliphatic hydroxyl groups excluding tert-OH is 8. The predicted octanol–water partition coefficient (Wildman–Crippen LogP) is 16.1. The maximum atomic E-state index is 13.3. The van der Waals surface area contributed by atoms with Crippen molar-refractivity contribution in [2.75, 3.05) is 19.8 Å². The molecule has 0 aromatic heterocycles. The summed E-state index contributed by atoms with van der Waals surface area (Å²) in [5, 5.41) is 87.5. The van der Waals surface area contributed by atoms with E-state index in [1.165, 1.54) is 141 Å². The average molecular weight is 1310 g/mol. The van der Waals surface area contributed by atoms with Crippen LogP contribution in [0.4, 0.5) is 0 Å². The van der Waals surface area contributed by atoms with Crippen LogP contribution in [0.3, 0.4) is 0 Å². The molecule has 2 aliphatic rings. The summed E-state index contributed by atoms with van der Waals surface area (Å²) in [5.41, 5.74) is 0. The van der Waals surface area contributed by atoms with Gasteiger partial charge in [0.15, 0.2) is 12.6 Å². The molecule has 2 rings (SSSR count). The highest BCUT2D eigenvalue weighted by Crippen LogP contribution is 2.30. The average Bonchev–Trinajstić information content (AvgIpc) is 0.851. The first-order valence-electron chi connectivity index (χ1n) is 37.3. The van der Waals surface area contributed by atoms with Gasteiger partial charge in [-0.1, -0.05) is 296 Å². The van der Waals surface area contributed by atoms with Gasteiger partial charge in [0.25, 0.3) is 0 Å². The lowest BCUT2D eigenvalue weighted by Crippen LogP contribution is -2.65. The van der Waals surface area contributed by atoms with Crippen molar-refractivity contribution >= 4 is 5.91 Å². The van der Waals surface area contributed by atoms with E-state index in [1.807, 2.05) is 6.08 Å². The predicted molar refractivity (Wildman–Crippen MR) is 382 cm³/mol. The van der Waals surface area contributed by atoms with Gasteiger partial charge in [-0.2, -0.15) is 0 Å². The lowest BCUT2D eigenvalue weighted by molar-refractivity contribution is -0.359. The highest BCUT2D eigenvalue weighted by atomic mass is 16.7. The van der Waals surface area contributed by atoms with Crippen LogP contribution < -0.4 is 5.32 Å². The number of rotatable bonds is 60. The smallest absolute Gasteiger partial charge is 0.220 e. The van der Waals surface area contributed by atoms with Crippen molar-refractivity contribution in [2.45, 2.75) is 351 Å². The van der Waals surface area contributed by atoms with Gasteiger partial charge in [0.1, 0.15) is 48.8 Å². The molecule has 0 saturated carbocycles. The van der Waals surface area contributed by atoms with E-state index >= 15 is 0 Å². The van der Waals surface area contributed by atoms with E-state index in [1.54, 1.807) is 6.08 Å². The van der Waals surface area contributed by atoms with Gasteiger partial charge in [-0.3, -0.25) is 4.79 Å². The summed E-state index contributed by atoms with van der Waals surface area (Å²) in [4.78, 5) is 13.3. The number of allylic oxidation sites excluding steroid dienone is 19. The minimum Gasteiger partial charge on any atom is -0.394 e. The minimum atomic E-state index is -1.80. The Labute approximate surface area is 565 Å². The first-order chi connectivity index (χ1) is 45.6. The number of carbonyl (C=O) groups excluding carboxylic acids is 1. The molecular formula is C79H135NO13. The summed E-state index contributed by atoms with van der Waals surface area (Å²) in [6.45, 7) is 2.68. The van der Waals surface area contributed by atoms with Crippen LogP contribution >= 0.6 is 0 Å². The molecule has 14 heteroatoms. The summed E-state index contributed by atoms with van der Waals surface area (Å²) in [5.74, 6) is -0.266. The molecule has 14 nitrogen and oxygen atoms in total. The van der Waals surface area contributed by atoms with Gasteiger partial charge in [0.05, 0.1) is 32.0 Å². The van der Waals surface area contributed by atoms with E-state index in [0.717, 1.165) is 103 Å². The zero-order valence-electron chi connectivity index (χ0n) is 58.2. The molecule has 0 aromatic carbocycles. The summed E-state index contributed by atoms with van der Waals surface area (Å²) in [7, 11) is 0. The molecule has 9 N–H and O–H groups in total. The zero-order chi connectivity index (χ0) is 67.3. The molecule has 93 heavy (non-hydrogen) atoms. The van der Waals surface area contributed by atoms with Crippen LogP contribution in [0.5, 0.6) is 0 Å². The van der Waals surface area contributed by atoms with Crippen molar-refractivity contribution in [3.63, 3.8) is 0 Å². The molecule has 0 aliphatic carbocycles. The first-order valence-corrected chi connectivity index (χ1v) is 37.3. The van der Waals surface area contributed by atoms with Gasteiger partial charge in [-0.25, -0.2) is 0 Å². The van der Waals surface area contributed by atoms with Crippen molar-refractivity contribution in [2.24, 2.45) is 0 Å². The highest BCUT2D eigenvalue weighted by Gasteiger charge is 2.51. The van der Waals surface area contributed by atoms with Gasteiger partial charge < -0.3 is 65.1 Å². The zero-order valence-corrected chi connectivity index (χ0v) is 58.2. The Hall–Kier alpha value is -3.61. The van der Waals surface area contributed by atoms with Gasteiger partial charge in [-0.05, 0) is 96.3 Å². The lowest BCUT2D eigenvalue weighted by Gasteiger charge is -2.46. The molecule has 0 spiro atoms. The normalized spacial score (nSPS) is 23.3. The van der Waals surface area contributed by atoms with Crippen LogP contribution in [0.25, 0.3) is 0 Å². The Kier molecular flexibility index (Phi) is 56.9. The summed E-state index contributed by atoms with van der Waals surface area (Å²) >= 11 is 0. The summed E-state index contributed by atoms with van der Waals surface area (Å²) < 4.78 is 22.9. The fourth-order valence-corrected chi connectivity index (χ4v) is 11.5. The van der Waals surface area contributed by atoms with Crippen LogP contribution in [0, 0.1) is 0 Å². The van der Waals surface area contributed by atoms with Crippen molar-refractivity contribution in [3.05, 3.63) is 122 Å². The number of unbranched alkanes of at least 4 members (excludes halogenated alkanes) is 29. The van der Waals surface area contributed by atoms with E-state index < -0.39 is 86.8 Å². The van der Waals surface area contributed by atoms with E-state index in [-0.39, 0.29) is 18.9 Å². The van der Waals surface area contributed by atoms with Crippen molar-refractivity contribution in [1.29, 1.82) is 0 Å². The minimum absolute atomic E-state index is 0.249. The fraction of sp³-hybridized carbons (Fsp3) is 0.734. The highest BCUT2D eigenvalue weighted by molar-refractivity contribution is 5.76. The Morgan fingerprint density at radius 1 is 0.398 bits per heavy atom. The molecule has 1 amide bonds. The third-order valence-corrected chi connectivity index (χ3v) is 17.4. The molecular weight excluding hydrogens is 1170 g/mol. The first kappa shape index (κ1) is 85.5. The van der Waals surface area contributed by atoms with Crippen molar-refractivity contribution in [3.8, 4) is 0 Å². The van der Waals surface area contributed by atoms with E-state index in [9.17, 15) is 45.6 Å². The maximum Gasteiger partial charge on any atom is 0.220 e. The molecule has 12 atom stereocenters. The number of aliphatic hydroxyl groups is 8. The lowest BCUT2D eigenvalue weighted by atomic mass is 9.97. The summed E-state index contributed by atoms with van der Waals surface area (Å²) in [6, 6.07) is -0.951. The van der Waals surface area contributed by atoms with Crippen molar-refractivity contribution < 1.29 is 64.6 Å². The van der Waals surface area contributed by atoms with Gasteiger partial charge in [0, 0.05) is 6.42 Å². The molecule has 12 unspecified atom stereocenters. The molecule has 0 bridgehead atoms. The van der Waals surface area contributed by atoms with Gasteiger partial charge >= 0.3 is 0 Å². The van der Waals surface area contributed by atoms with E-state index in [4.69, 9.17) is 18.9 Å². The topological polar surface area (TPSA) is 228 Å². The van der Waals surface area contributed by atoms with Crippen molar-refractivity contribution in [1.82, 2.24) is 5.32 Å². The second-order valence-electron chi connectivity index (χ2n) is 25.7. The van der Waals surface area contributed by atoms with Crippen LogP contribution in [0.2, 0.25) is 0 Å². The molecule has 534 valence electrons. The molecule has 0 radical (unpaired) electrons. The van der Waals surface area contributed by atoms with Crippen LogP contribution in [0.15, 0.2) is 122 Å². The number of nitrogens with one attached hydrogen (secondary N) is 1. The largest absolute Gasteiger partial charge is 0.394 e. The Bertz CT molecular complexity index is 2030. The molecule has 0 aromatic rings. The van der Waals surface area contributed by atoms with Crippen LogP contribution in [-0.4, -0.2) is 140 Å². The number of hydrogen-bond donors (Lipinski definition) is 9. The number of hydrogen-bond acceptors (Lipinski definition) is 13. The number of carbonyl (C=O) groups is 1. The second-order valence-corrected chi connectivity index (χ2v) is 25.7. The van der Waals surface area contributed by atoms with E-state index in [2.05, 4.69) is 129 Å².